The van der Waals surface area contributed by atoms with Crippen molar-refractivity contribution in [3.63, 3.8) is 0 Å². The maximum atomic E-state index is 12.5. The van der Waals surface area contributed by atoms with Crippen molar-refractivity contribution >= 4 is 11.3 Å². The molecule has 0 radical (unpaired) electrons. The summed E-state index contributed by atoms with van der Waals surface area (Å²) in [5, 5.41) is 0.693. The fraction of sp³-hybridized carbons (Fsp3) is 0.308. The van der Waals surface area contributed by atoms with Gasteiger partial charge in [-0.1, -0.05) is 12.1 Å². The van der Waals surface area contributed by atoms with Crippen molar-refractivity contribution in [1.29, 1.82) is 0 Å². The predicted octanol–water partition coefficient (Wildman–Crippen LogP) is 4.16. The van der Waals surface area contributed by atoms with E-state index in [2.05, 4.69) is 4.98 Å². The zero-order valence-electron chi connectivity index (χ0n) is 10.5. The van der Waals surface area contributed by atoms with Crippen LogP contribution >= 0.6 is 11.3 Å². The molecule has 0 amide bonds. The summed E-state index contributed by atoms with van der Waals surface area (Å²) in [4.78, 5) is 5.30. The van der Waals surface area contributed by atoms with Crippen LogP contribution in [0.3, 0.4) is 0 Å². The van der Waals surface area contributed by atoms with Crippen molar-refractivity contribution in [2.24, 2.45) is 5.73 Å². The third-order valence-electron chi connectivity index (χ3n) is 2.71. The third-order valence-corrected chi connectivity index (χ3v) is 4.11. The van der Waals surface area contributed by atoms with E-state index in [0.717, 1.165) is 22.7 Å². The molecule has 2 N–H and O–H groups in total. The first kappa shape index (κ1) is 14.0. The minimum absolute atomic E-state index is 0.124. The van der Waals surface area contributed by atoms with Gasteiger partial charge in [0, 0.05) is 16.5 Å². The SMILES string of the molecule is Cc1nc(-c2ccc(C(F)(F)F)cc2)sc1C(C)N. The molecular weight excluding hydrogens is 273 g/mol. The molecule has 1 aromatic heterocycles. The van der Waals surface area contributed by atoms with Gasteiger partial charge in [0.2, 0.25) is 0 Å². The molecule has 0 bridgehead atoms. The molecule has 6 heteroatoms. The molecule has 0 saturated carbocycles. The van der Waals surface area contributed by atoms with E-state index in [1.165, 1.54) is 23.5 Å². The van der Waals surface area contributed by atoms with Crippen LogP contribution in [0.25, 0.3) is 10.6 Å². The zero-order valence-corrected chi connectivity index (χ0v) is 11.3. The zero-order chi connectivity index (χ0) is 14.2. The van der Waals surface area contributed by atoms with E-state index in [1.807, 2.05) is 13.8 Å². The Labute approximate surface area is 113 Å². The lowest BCUT2D eigenvalue weighted by atomic mass is 10.1. The summed E-state index contributed by atoms with van der Waals surface area (Å²) in [6, 6.07) is 4.88. The van der Waals surface area contributed by atoms with Gasteiger partial charge >= 0.3 is 6.18 Å². The van der Waals surface area contributed by atoms with Crippen molar-refractivity contribution < 1.29 is 13.2 Å². The van der Waals surface area contributed by atoms with Gasteiger partial charge < -0.3 is 5.73 Å². The minimum Gasteiger partial charge on any atom is -0.323 e. The molecule has 1 unspecified atom stereocenters. The Morgan fingerprint density at radius 1 is 1.21 bits per heavy atom. The molecule has 19 heavy (non-hydrogen) atoms. The highest BCUT2D eigenvalue weighted by Crippen LogP contribution is 2.34. The molecule has 2 nitrogen and oxygen atoms in total. The monoisotopic (exact) mass is 286 g/mol. The number of hydrogen-bond donors (Lipinski definition) is 1. The van der Waals surface area contributed by atoms with E-state index >= 15 is 0 Å². The Morgan fingerprint density at radius 3 is 2.21 bits per heavy atom. The smallest absolute Gasteiger partial charge is 0.323 e. The number of aromatic nitrogens is 1. The number of halogens is 3. The minimum atomic E-state index is -4.31. The van der Waals surface area contributed by atoms with Crippen LogP contribution < -0.4 is 5.73 Å². The molecule has 0 spiro atoms. The van der Waals surface area contributed by atoms with Crippen LogP contribution in [-0.4, -0.2) is 4.98 Å². The third kappa shape index (κ3) is 2.96. The maximum Gasteiger partial charge on any atom is 0.416 e. The number of rotatable bonds is 2. The first-order chi connectivity index (χ1) is 8.79. The molecule has 2 aromatic rings. The van der Waals surface area contributed by atoms with Gasteiger partial charge in [-0.2, -0.15) is 13.2 Å². The summed E-state index contributed by atoms with van der Waals surface area (Å²) in [6.45, 7) is 3.71. The second-order valence-electron chi connectivity index (χ2n) is 4.33. The Balaban J connectivity index is 2.35. The van der Waals surface area contributed by atoms with Crippen LogP contribution in [0.5, 0.6) is 0 Å². The molecule has 1 atom stereocenters. The molecular formula is C13H13F3N2S. The van der Waals surface area contributed by atoms with Gasteiger partial charge in [-0.15, -0.1) is 11.3 Å². The molecule has 2 rings (SSSR count). The summed E-state index contributed by atoms with van der Waals surface area (Å²) in [6.07, 6.45) is -4.31. The van der Waals surface area contributed by atoms with E-state index in [1.54, 1.807) is 0 Å². The summed E-state index contributed by atoms with van der Waals surface area (Å²) in [5.41, 5.74) is 6.66. The van der Waals surface area contributed by atoms with Crippen molar-refractivity contribution in [1.82, 2.24) is 4.98 Å². The Kier molecular flexibility index (Phi) is 3.64. The quantitative estimate of drug-likeness (QED) is 0.900. The van der Waals surface area contributed by atoms with Crippen molar-refractivity contribution in [2.75, 3.05) is 0 Å². The first-order valence-electron chi connectivity index (χ1n) is 5.69. The van der Waals surface area contributed by atoms with E-state index in [-0.39, 0.29) is 6.04 Å². The molecule has 0 aliphatic carbocycles. The highest BCUT2D eigenvalue weighted by Gasteiger charge is 2.30. The normalized spacial score (nSPS) is 13.6. The second-order valence-corrected chi connectivity index (χ2v) is 5.36. The van der Waals surface area contributed by atoms with Crippen molar-refractivity contribution in [3.8, 4) is 10.6 Å². The highest BCUT2D eigenvalue weighted by atomic mass is 32.1. The highest BCUT2D eigenvalue weighted by molar-refractivity contribution is 7.15. The van der Waals surface area contributed by atoms with Crippen LogP contribution in [-0.2, 0) is 6.18 Å². The molecule has 1 aromatic carbocycles. The number of alkyl halides is 3. The molecule has 0 fully saturated rings. The van der Waals surface area contributed by atoms with Gasteiger partial charge in [0.1, 0.15) is 5.01 Å². The first-order valence-corrected chi connectivity index (χ1v) is 6.51. The van der Waals surface area contributed by atoms with E-state index in [0.29, 0.717) is 10.6 Å². The average molecular weight is 286 g/mol. The summed E-state index contributed by atoms with van der Waals surface area (Å²) in [5.74, 6) is 0. The Bertz CT molecular complexity index is 571. The number of aryl methyl sites for hydroxylation is 1. The number of hydrogen-bond acceptors (Lipinski definition) is 3. The molecule has 102 valence electrons. The number of nitrogens with zero attached hydrogens (tertiary/aromatic N) is 1. The lowest BCUT2D eigenvalue weighted by Gasteiger charge is -2.06. The van der Waals surface area contributed by atoms with E-state index in [9.17, 15) is 13.2 Å². The fourth-order valence-electron chi connectivity index (χ4n) is 1.76. The van der Waals surface area contributed by atoms with Gasteiger partial charge in [-0.3, -0.25) is 0 Å². The van der Waals surface area contributed by atoms with Crippen molar-refractivity contribution in [2.45, 2.75) is 26.1 Å². The average Bonchev–Trinajstić information content (AvgIpc) is 2.70. The van der Waals surface area contributed by atoms with E-state index < -0.39 is 11.7 Å². The lowest BCUT2D eigenvalue weighted by molar-refractivity contribution is -0.137. The van der Waals surface area contributed by atoms with Gasteiger partial charge in [0.15, 0.2) is 0 Å². The van der Waals surface area contributed by atoms with Crippen LogP contribution in [0.4, 0.5) is 13.2 Å². The van der Waals surface area contributed by atoms with E-state index in [4.69, 9.17) is 5.73 Å². The summed E-state index contributed by atoms with van der Waals surface area (Å²) < 4.78 is 37.4. The van der Waals surface area contributed by atoms with Crippen LogP contribution in [0.15, 0.2) is 24.3 Å². The van der Waals surface area contributed by atoms with Gasteiger partial charge in [0.25, 0.3) is 0 Å². The summed E-state index contributed by atoms with van der Waals surface area (Å²) in [7, 11) is 0. The molecule has 0 aliphatic rings. The summed E-state index contributed by atoms with van der Waals surface area (Å²) >= 11 is 1.42. The Hall–Kier alpha value is -1.40. The van der Waals surface area contributed by atoms with Crippen LogP contribution in [0, 0.1) is 6.92 Å². The topological polar surface area (TPSA) is 38.9 Å². The fourth-order valence-corrected chi connectivity index (χ4v) is 2.78. The lowest BCUT2D eigenvalue weighted by Crippen LogP contribution is -2.03. The number of benzene rings is 1. The van der Waals surface area contributed by atoms with Crippen LogP contribution in [0.1, 0.15) is 29.1 Å². The van der Waals surface area contributed by atoms with Gasteiger partial charge in [-0.05, 0) is 26.0 Å². The molecule has 0 saturated heterocycles. The van der Waals surface area contributed by atoms with Gasteiger partial charge in [0.05, 0.1) is 11.3 Å². The number of thiazole rings is 1. The van der Waals surface area contributed by atoms with Gasteiger partial charge in [-0.25, -0.2) is 4.98 Å². The van der Waals surface area contributed by atoms with Crippen LogP contribution in [0.2, 0.25) is 0 Å². The largest absolute Gasteiger partial charge is 0.416 e. The molecule has 1 heterocycles. The second kappa shape index (κ2) is 4.94. The standard InChI is InChI=1S/C13H13F3N2S/c1-7(17)11-8(2)18-12(19-11)9-3-5-10(6-4-9)13(14,15)16/h3-7H,17H2,1-2H3. The Morgan fingerprint density at radius 2 is 1.79 bits per heavy atom. The van der Waals surface area contributed by atoms with Crippen molar-refractivity contribution in [3.05, 3.63) is 40.4 Å². The molecule has 0 aliphatic heterocycles. The maximum absolute atomic E-state index is 12.5. The predicted molar refractivity (Wildman–Crippen MR) is 69.9 cm³/mol. The number of nitrogens with two attached hydrogens (primary N) is 1.